The molecule has 4 aromatic rings. The van der Waals surface area contributed by atoms with Crippen molar-refractivity contribution in [1.82, 2.24) is 14.6 Å². The van der Waals surface area contributed by atoms with Crippen molar-refractivity contribution in [1.29, 1.82) is 0 Å². The predicted molar refractivity (Wildman–Crippen MR) is 126 cm³/mol. The number of fused-ring (bicyclic) bond motifs is 1. The van der Waals surface area contributed by atoms with Gasteiger partial charge in [0.05, 0.1) is 10.7 Å². The van der Waals surface area contributed by atoms with Gasteiger partial charge in [-0.2, -0.15) is 4.98 Å². The van der Waals surface area contributed by atoms with Crippen LogP contribution in [0.3, 0.4) is 0 Å². The van der Waals surface area contributed by atoms with Crippen LogP contribution >= 0.6 is 34.5 Å². The Morgan fingerprint density at radius 3 is 2.71 bits per heavy atom. The number of rotatable bonds is 6. The topological polar surface area (TPSA) is 68.5 Å². The maximum atomic E-state index is 12.7. The van der Waals surface area contributed by atoms with Crippen molar-refractivity contribution in [2.45, 2.75) is 32.8 Å². The van der Waals surface area contributed by atoms with E-state index in [2.05, 4.69) is 29.2 Å². The Morgan fingerprint density at radius 2 is 1.94 bits per heavy atom. The molecular weight excluding hydrogens is 455 g/mol. The van der Waals surface area contributed by atoms with Gasteiger partial charge in [-0.25, -0.2) is 4.52 Å². The lowest BCUT2D eigenvalue weighted by Gasteiger charge is -2.18. The third-order valence-corrected chi connectivity index (χ3v) is 6.12. The highest BCUT2D eigenvalue weighted by atomic mass is 35.5. The van der Waals surface area contributed by atoms with Crippen LogP contribution in [0.25, 0.3) is 16.2 Å². The number of nitrogens with zero attached hydrogens (tertiary/aromatic N) is 3. The SMILES string of the molecule is CC(Oc1ccccc1C(C)C)C(=O)Nc1nc2scc(-c3cc(Cl)ccc3Cl)n2n1. The van der Waals surface area contributed by atoms with Gasteiger partial charge < -0.3 is 4.74 Å². The number of carbonyl (C=O) groups is 1. The zero-order valence-corrected chi connectivity index (χ0v) is 19.4. The van der Waals surface area contributed by atoms with Crippen LogP contribution in [-0.4, -0.2) is 26.6 Å². The van der Waals surface area contributed by atoms with E-state index < -0.39 is 6.10 Å². The predicted octanol–water partition coefficient (Wildman–Crippen LogP) is 6.29. The Labute approximate surface area is 193 Å². The molecule has 1 unspecified atom stereocenters. The van der Waals surface area contributed by atoms with Gasteiger partial charge in [0, 0.05) is 16.0 Å². The van der Waals surface area contributed by atoms with E-state index in [4.69, 9.17) is 27.9 Å². The van der Waals surface area contributed by atoms with E-state index >= 15 is 0 Å². The van der Waals surface area contributed by atoms with Crippen LogP contribution in [0.1, 0.15) is 32.3 Å². The van der Waals surface area contributed by atoms with Crippen molar-refractivity contribution in [3.8, 4) is 17.0 Å². The van der Waals surface area contributed by atoms with Gasteiger partial charge in [0.1, 0.15) is 5.75 Å². The minimum atomic E-state index is -0.719. The molecule has 31 heavy (non-hydrogen) atoms. The molecule has 1 atom stereocenters. The largest absolute Gasteiger partial charge is 0.481 e. The Hall–Kier alpha value is -2.61. The highest BCUT2D eigenvalue weighted by Crippen LogP contribution is 2.33. The fourth-order valence-electron chi connectivity index (χ4n) is 3.13. The summed E-state index contributed by atoms with van der Waals surface area (Å²) in [6.07, 6.45) is -0.719. The molecule has 6 nitrogen and oxygen atoms in total. The lowest BCUT2D eigenvalue weighted by molar-refractivity contribution is -0.122. The van der Waals surface area contributed by atoms with Crippen LogP contribution in [0.5, 0.6) is 5.75 Å². The van der Waals surface area contributed by atoms with Gasteiger partial charge in [0.2, 0.25) is 4.96 Å². The van der Waals surface area contributed by atoms with Gasteiger partial charge in [-0.3, -0.25) is 10.1 Å². The molecule has 160 valence electrons. The monoisotopic (exact) mass is 474 g/mol. The van der Waals surface area contributed by atoms with Crippen molar-refractivity contribution in [3.05, 3.63) is 63.5 Å². The van der Waals surface area contributed by atoms with Gasteiger partial charge in [-0.1, -0.05) is 55.2 Å². The maximum absolute atomic E-state index is 12.7. The fraction of sp³-hybridized carbons (Fsp3) is 0.227. The summed E-state index contributed by atoms with van der Waals surface area (Å²) in [7, 11) is 0. The molecule has 0 bridgehead atoms. The molecule has 0 radical (unpaired) electrons. The summed E-state index contributed by atoms with van der Waals surface area (Å²) in [5, 5.41) is 10.2. The van der Waals surface area contributed by atoms with Crippen molar-refractivity contribution < 1.29 is 9.53 Å². The molecule has 0 aliphatic heterocycles. The van der Waals surface area contributed by atoms with Gasteiger partial charge in [-0.05, 0) is 42.7 Å². The second kappa shape index (κ2) is 8.86. The zero-order valence-electron chi connectivity index (χ0n) is 17.1. The van der Waals surface area contributed by atoms with E-state index in [-0.39, 0.29) is 17.8 Å². The number of ether oxygens (including phenoxy) is 1. The van der Waals surface area contributed by atoms with Gasteiger partial charge >= 0.3 is 0 Å². The first-order valence-corrected chi connectivity index (χ1v) is 11.3. The zero-order chi connectivity index (χ0) is 22.1. The van der Waals surface area contributed by atoms with Crippen LogP contribution in [-0.2, 0) is 4.79 Å². The Kier molecular flexibility index (Phi) is 6.18. The Balaban J connectivity index is 1.53. The summed E-state index contributed by atoms with van der Waals surface area (Å²) in [6.45, 7) is 5.86. The number of amides is 1. The van der Waals surface area contributed by atoms with Crippen molar-refractivity contribution in [2.24, 2.45) is 0 Å². The summed E-state index contributed by atoms with van der Waals surface area (Å²) in [4.78, 5) is 17.7. The second-order valence-electron chi connectivity index (χ2n) is 7.32. The van der Waals surface area contributed by atoms with Gasteiger partial charge in [0.15, 0.2) is 6.10 Å². The van der Waals surface area contributed by atoms with Crippen molar-refractivity contribution in [2.75, 3.05) is 5.32 Å². The number of hydrogen-bond donors (Lipinski definition) is 1. The number of hydrogen-bond acceptors (Lipinski definition) is 5. The highest BCUT2D eigenvalue weighted by Gasteiger charge is 2.20. The molecule has 2 heterocycles. The first kappa shape index (κ1) is 21.6. The molecule has 1 amide bonds. The molecule has 0 spiro atoms. The van der Waals surface area contributed by atoms with E-state index in [0.29, 0.717) is 20.8 Å². The molecule has 0 fully saturated rings. The number of carbonyl (C=O) groups excluding carboxylic acids is 1. The van der Waals surface area contributed by atoms with Crippen LogP contribution in [0.2, 0.25) is 10.0 Å². The number of anilines is 1. The van der Waals surface area contributed by atoms with E-state index in [1.165, 1.54) is 11.3 Å². The van der Waals surface area contributed by atoms with E-state index in [1.54, 1.807) is 29.6 Å². The summed E-state index contributed by atoms with van der Waals surface area (Å²) < 4.78 is 7.55. The van der Waals surface area contributed by atoms with Crippen LogP contribution < -0.4 is 10.1 Å². The molecule has 0 aliphatic carbocycles. The van der Waals surface area contributed by atoms with E-state index in [0.717, 1.165) is 16.8 Å². The minimum absolute atomic E-state index is 0.198. The number of thiazole rings is 1. The van der Waals surface area contributed by atoms with E-state index in [1.807, 2.05) is 29.6 Å². The first-order chi connectivity index (χ1) is 14.8. The molecule has 0 saturated carbocycles. The van der Waals surface area contributed by atoms with Crippen molar-refractivity contribution in [3.63, 3.8) is 0 Å². The molecule has 9 heteroatoms. The normalized spacial score (nSPS) is 12.3. The number of para-hydroxylation sites is 1. The van der Waals surface area contributed by atoms with Crippen LogP contribution in [0, 0.1) is 0 Å². The maximum Gasteiger partial charge on any atom is 0.267 e. The first-order valence-electron chi connectivity index (χ1n) is 9.69. The second-order valence-corrected chi connectivity index (χ2v) is 9.00. The number of aromatic nitrogens is 3. The molecule has 4 rings (SSSR count). The Morgan fingerprint density at radius 1 is 1.16 bits per heavy atom. The number of halogens is 2. The third-order valence-electron chi connectivity index (χ3n) is 4.73. The number of nitrogens with one attached hydrogen (secondary N) is 1. The minimum Gasteiger partial charge on any atom is -0.481 e. The molecule has 1 N–H and O–H groups in total. The quantitative estimate of drug-likeness (QED) is 0.356. The summed E-state index contributed by atoms with van der Waals surface area (Å²) >= 11 is 13.8. The third kappa shape index (κ3) is 4.54. The standard InChI is InChI=1S/C22H20Cl2N4O2S/c1-12(2)15-6-4-5-7-19(15)30-13(3)20(29)25-21-26-22-28(27-21)18(11-31-22)16-10-14(23)8-9-17(16)24/h4-13H,1-3H3,(H,25,27,29). The molecular formula is C22H20Cl2N4O2S. The van der Waals surface area contributed by atoms with Gasteiger partial charge in [-0.15, -0.1) is 16.4 Å². The van der Waals surface area contributed by atoms with Crippen LogP contribution in [0.15, 0.2) is 47.8 Å². The number of benzene rings is 2. The fourth-order valence-corrected chi connectivity index (χ4v) is 4.34. The molecule has 0 aliphatic rings. The smallest absolute Gasteiger partial charge is 0.267 e. The summed E-state index contributed by atoms with van der Waals surface area (Å²) in [6, 6.07) is 12.9. The summed E-state index contributed by atoms with van der Waals surface area (Å²) in [5.74, 6) is 0.838. The average molecular weight is 475 g/mol. The highest BCUT2D eigenvalue weighted by molar-refractivity contribution is 7.15. The van der Waals surface area contributed by atoms with Crippen molar-refractivity contribution >= 4 is 51.4 Å². The Bertz CT molecular complexity index is 1250. The molecule has 2 aromatic carbocycles. The van der Waals surface area contributed by atoms with E-state index in [9.17, 15) is 4.79 Å². The summed E-state index contributed by atoms with van der Waals surface area (Å²) in [5.41, 5.74) is 2.53. The average Bonchev–Trinajstić information content (AvgIpc) is 3.30. The van der Waals surface area contributed by atoms with Gasteiger partial charge in [0.25, 0.3) is 11.9 Å². The molecule has 0 saturated heterocycles. The lowest BCUT2D eigenvalue weighted by Crippen LogP contribution is -2.31. The van der Waals surface area contributed by atoms with Crippen LogP contribution in [0.4, 0.5) is 5.95 Å². The molecule has 2 aromatic heterocycles. The lowest BCUT2D eigenvalue weighted by atomic mass is 10.0.